The van der Waals surface area contributed by atoms with E-state index < -0.39 is 0 Å². The molecule has 4 fully saturated rings. The minimum atomic E-state index is 1.17. The molecule has 0 spiro atoms. The van der Waals surface area contributed by atoms with Crippen molar-refractivity contribution in [3.8, 4) is 0 Å². The summed E-state index contributed by atoms with van der Waals surface area (Å²) in [5, 5.41) is 0. The summed E-state index contributed by atoms with van der Waals surface area (Å²) in [5.74, 6) is 4.74. The van der Waals surface area contributed by atoms with Crippen LogP contribution < -0.4 is 0 Å². The summed E-state index contributed by atoms with van der Waals surface area (Å²) in [7, 11) is 0. The summed E-state index contributed by atoms with van der Waals surface area (Å²) >= 11 is 0. The van der Waals surface area contributed by atoms with Crippen LogP contribution in [0.3, 0.4) is 0 Å². The van der Waals surface area contributed by atoms with Crippen LogP contribution >= 0.6 is 0 Å². The topological polar surface area (TPSA) is 0 Å². The van der Waals surface area contributed by atoms with Crippen LogP contribution in [0, 0.1) is 23.7 Å². The molecule has 4 saturated carbocycles. The highest BCUT2D eigenvalue weighted by Crippen LogP contribution is 2.55. The zero-order chi connectivity index (χ0) is 7.26. The van der Waals surface area contributed by atoms with E-state index in [1.54, 1.807) is 44.9 Å². The van der Waals surface area contributed by atoms with Gasteiger partial charge in [0, 0.05) is 0 Å². The molecule has 11 heavy (non-hydrogen) atoms. The molecule has 0 aromatic heterocycles. The molecule has 0 nitrogen and oxygen atoms in total. The minimum Gasteiger partial charge on any atom is -0.0527 e. The monoisotopic (exact) mass is 150 g/mol. The third-order valence-corrected chi connectivity index (χ3v) is 4.65. The van der Waals surface area contributed by atoms with E-state index in [1.165, 1.54) is 23.7 Å². The molecule has 4 rings (SSSR count). The molecule has 0 aromatic carbocycles. The van der Waals surface area contributed by atoms with Crippen molar-refractivity contribution in [2.24, 2.45) is 23.7 Å². The molecule has 0 unspecified atom stereocenters. The van der Waals surface area contributed by atoms with Crippen LogP contribution in [0.1, 0.15) is 44.9 Å². The molecule has 4 aliphatic carbocycles. The van der Waals surface area contributed by atoms with Gasteiger partial charge in [-0.15, -0.1) is 0 Å². The van der Waals surface area contributed by atoms with E-state index in [-0.39, 0.29) is 0 Å². The molecule has 0 saturated heterocycles. The maximum Gasteiger partial charge on any atom is -0.0355 e. The van der Waals surface area contributed by atoms with Gasteiger partial charge in [0.2, 0.25) is 0 Å². The van der Waals surface area contributed by atoms with E-state index >= 15 is 0 Å². The molecule has 62 valence electrons. The van der Waals surface area contributed by atoms with Crippen LogP contribution in [-0.2, 0) is 0 Å². The number of hydrogen-bond donors (Lipinski definition) is 0. The number of fused-ring (bicyclic) bond motifs is 2. The lowest BCUT2D eigenvalue weighted by Gasteiger charge is -2.45. The quantitative estimate of drug-likeness (QED) is 0.497. The largest absolute Gasteiger partial charge is 0.0527 e. The summed E-state index contributed by atoms with van der Waals surface area (Å²) < 4.78 is 0. The molecule has 0 amide bonds. The molecule has 0 aliphatic heterocycles. The predicted molar refractivity (Wildman–Crippen MR) is 46.3 cm³/mol. The lowest BCUT2D eigenvalue weighted by atomic mass is 9.60. The average molecular weight is 150 g/mol. The Hall–Kier alpha value is 0. The van der Waals surface area contributed by atoms with Gasteiger partial charge < -0.3 is 0 Å². The highest BCUT2D eigenvalue weighted by atomic mass is 14.5. The van der Waals surface area contributed by atoms with Gasteiger partial charge in [0.15, 0.2) is 0 Å². The van der Waals surface area contributed by atoms with Crippen molar-refractivity contribution in [3.05, 3.63) is 0 Å². The van der Waals surface area contributed by atoms with Gasteiger partial charge in [-0.1, -0.05) is 6.42 Å². The fourth-order valence-electron chi connectivity index (χ4n) is 4.19. The third kappa shape index (κ3) is 0.816. The normalized spacial score (nSPS) is 54.5. The van der Waals surface area contributed by atoms with Gasteiger partial charge in [0.1, 0.15) is 0 Å². The molecule has 2 bridgehead atoms. The average Bonchev–Trinajstić information content (AvgIpc) is 2.55. The molecule has 0 heteroatoms. The van der Waals surface area contributed by atoms with E-state index in [9.17, 15) is 0 Å². The molecule has 0 N–H and O–H groups in total. The fourth-order valence-corrected chi connectivity index (χ4v) is 4.19. The fraction of sp³-hybridized carbons (Fsp3) is 1.00. The maximum atomic E-state index is 1.59. The summed E-state index contributed by atoms with van der Waals surface area (Å²) in [6.45, 7) is 0. The van der Waals surface area contributed by atoms with E-state index in [4.69, 9.17) is 0 Å². The molecule has 4 aliphatic rings. The Morgan fingerprint density at radius 1 is 0.545 bits per heavy atom. The number of rotatable bonds is 0. The van der Waals surface area contributed by atoms with Crippen LogP contribution in [0.5, 0.6) is 0 Å². The molecule has 2 atom stereocenters. The second-order valence-electron chi connectivity index (χ2n) is 4.93. The van der Waals surface area contributed by atoms with Crippen molar-refractivity contribution >= 4 is 0 Å². The third-order valence-electron chi connectivity index (χ3n) is 4.65. The SMILES string of the molecule is C1C[C@@H]2C3CCC(CC3)[C@@H]2C1. The first-order chi connectivity index (χ1) is 5.45. The Labute approximate surface area is 69.4 Å². The van der Waals surface area contributed by atoms with Crippen molar-refractivity contribution in [1.82, 2.24) is 0 Å². The Balaban J connectivity index is 1.89. The predicted octanol–water partition coefficient (Wildman–Crippen LogP) is 3.22. The van der Waals surface area contributed by atoms with Gasteiger partial charge in [-0.25, -0.2) is 0 Å². The molecular weight excluding hydrogens is 132 g/mol. The van der Waals surface area contributed by atoms with Gasteiger partial charge in [0.05, 0.1) is 0 Å². The zero-order valence-corrected chi connectivity index (χ0v) is 7.26. The first-order valence-corrected chi connectivity index (χ1v) is 5.45. The Bertz CT molecular complexity index is 135. The first-order valence-electron chi connectivity index (χ1n) is 5.45. The highest BCUT2D eigenvalue weighted by molar-refractivity contribution is 4.95. The van der Waals surface area contributed by atoms with E-state index in [1.807, 2.05) is 0 Å². The van der Waals surface area contributed by atoms with Crippen LogP contribution in [0.2, 0.25) is 0 Å². The minimum absolute atomic E-state index is 1.17. The van der Waals surface area contributed by atoms with Crippen LogP contribution in [-0.4, -0.2) is 0 Å². The van der Waals surface area contributed by atoms with Crippen molar-refractivity contribution in [2.75, 3.05) is 0 Å². The Kier molecular flexibility index (Phi) is 1.33. The van der Waals surface area contributed by atoms with E-state index in [0.29, 0.717) is 0 Å². The smallest absolute Gasteiger partial charge is 0.0355 e. The molecular formula is C11H18. The van der Waals surface area contributed by atoms with E-state index in [2.05, 4.69) is 0 Å². The van der Waals surface area contributed by atoms with Crippen LogP contribution in [0.15, 0.2) is 0 Å². The summed E-state index contributed by atoms with van der Waals surface area (Å²) in [6.07, 6.45) is 11.1. The van der Waals surface area contributed by atoms with Crippen molar-refractivity contribution in [3.63, 3.8) is 0 Å². The van der Waals surface area contributed by atoms with Gasteiger partial charge in [0.25, 0.3) is 0 Å². The van der Waals surface area contributed by atoms with Gasteiger partial charge >= 0.3 is 0 Å². The lowest BCUT2D eigenvalue weighted by molar-refractivity contribution is 0.0455. The lowest BCUT2D eigenvalue weighted by Crippen LogP contribution is -2.36. The summed E-state index contributed by atoms with van der Waals surface area (Å²) in [5.41, 5.74) is 0. The second-order valence-corrected chi connectivity index (χ2v) is 4.93. The highest BCUT2D eigenvalue weighted by Gasteiger charge is 2.45. The van der Waals surface area contributed by atoms with Gasteiger partial charge in [-0.2, -0.15) is 0 Å². The van der Waals surface area contributed by atoms with Crippen molar-refractivity contribution in [2.45, 2.75) is 44.9 Å². The zero-order valence-electron chi connectivity index (χ0n) is 7.26. The van der Waals surface area contributed by atoms with Crippen LogP contribution in [0.25, 0.3) is 0 Å². The summed E-state index contributed by atoms with van der Waals surface area (Å²) in [4.78, 5) is 0. The van der Waals surface area contributed by atoms with Crippen molar-refractivity contribution in [1.29, 1.82) is 0 Å². The van der Waals surface area contributed by atoms with Gasteiger partial charge in [-0.3, -0.25) is 0 Å². The van der Waals surface area contributed by atoms with Gasteiger partial charge in [-0.05, 0) is 62.2 Å². The Morgan fingerprint density at radius 2 is 1.00 bits per heavy atom. The summed E-state index contributed by atoms with van der Waals surface area (Å²) in [6, 6.07) is 0. The molecule has 0 radical (unpaired) electrons. The second kappa shape index (κ2) is 2.24. The van der Waals surface area contributed by atoms with Crippen LogP contribution in [0.4, 0.5) is 0 Å². The Morgan fingerprint density at radius 3 is 1.45 bits per heavy atom. The van der Waals surface area contributed by atoms with E-state index in [0.717, 1.165) is 0 Å². The number of hydrogen-bond acceptors (Lipinski definition) is 0. The maximum absolute atomic E-state index is 1.59. The first kappa shape index (κ1) is 6.51. The molecule has 0 heterocycles. The standard InChI is InChI=1S/C11H18/c1-2-10-8-4-6-9(7-5-8)11(10)3-1/h8-11H,1-7H2/t8?,9?,10-,11+. The van der Waals surface area contributed by atoms with Crippen molar-refractivity contribution < 1.29 is 0 Å². The molecule has 0 aromatic rings.